The van der Waals surface area contributed by atoms with Crippen LogP contribution in [0.2, 0.25) is 0 Å². The molecule has 0 aromatic carbocycles. The van der Waals surface area contributed by atoms with E-state index in [1.54, 1.807) is 0 Å². The molecular weight excluding hydrogens is 813 g/mol. The molecule has 7 N–H and O–H groups in total. The summed E-state index contributed by atoms with van der Waals surface area (Å²) in [4.78, 5) is 12.9. The van der Waals surface area contributed by atoms with E-state index in [9.17, 15) is 40.5 Å². The van der Waals surface area contributed by atoms with Gasteiger partial charge in [-0.05, 0) is 70.6 Å². The number of carbonyl (C=O) groups excluding carboxylic acids is 1. The van der Waals surface area contributed by atoms with Gasteiger partial charge in [0.2, 0.25) is 0 Å². The van der Waals surface area contributed by atoms with E-state index in [-0.39, 0.29) is 19.6 Å². The Morgan fingerprint density at radius 2 is 1.03 bits per heavy atom. The van der Waals surface area contributed by atoms with Crippen LogP contribution in [0, 0.1) is 0 Å². The van der Waals surface area contributed by atoms with Crippen molar-refractivity contribution in [3.8, 4) is 0 Å². The van der Waals surface area contributed by atoms with E-state index >= 15 is 0 Å². The summed E-state index contributed by atoms with van der Waals surface area (Å²) >= 11 is 0. The molecule has 0 spiro atoms. The van der Waals surface area contributed by atoms with Crippen LogP contribution in [0.4, 0.5) is 0 Å². The van der Waals surface area contributed by atoms with Crippen LogP contribution in [0.1, 0.15) is 155 Å². The van der Waals surface area contributed by atoms with Crippen molar-refractivity contribution >= 4 is 5.97 Å². The fourth-order valence-electron chi connectivity index (χ4n) is 7.35. The van der Waals surface area contributed by atoms with E-state index < -0.39 is 86.7 Å². The standard InChI is InChI=1S/C49H86O14/c1-3-5-7-9-11-13-15-17-18-19-21-23-25-27-29-31-33-58-35-38(61-41(51)32-30-28-26-24-22-20-16-14-12-10-8-6-4-2)36-59-48-47(57)45(55)43(53)40(63-48)37-60-49-46(56)44(54)42(52)39(34-50)62-49/h6,8,12,14,17-18,20,22,38-40,42-50,52-57H,3-5,7,9-11,13,15-16,19,21,23-37H2,1-2H3/b8-6-,14-12-,18-17-,22-20-. The zero-order chi connectivity index (χ0) is 45.9. The summed E-state index contributed by atoms with van der Waals surface area (Å²) in [5, 5.41) is 72.0. The van der Waals surface area contributed by atoms with Crippen molar-refractivity contribution in [1.82, 2.24) is 0 Å². The summed E-state index contributed by atoms with van der Waals surface area (Å²) < 4.78 is 34.2. The summed E-state index contributed by atoms with van der Waals surface area (Å²) in [7, 11) is 0. The van der Waals surface area contributed by atoms with Gasteiger partial charge in [0.25, 0.3) is 0 Å². The smallest absolute Gasteiger partial charge is 0.306 e. The largest absolute Gasteiger partial charge is 0.457 e. The summed E-state index contributed by atoms with van der Waals surface area (Å²) in [5.41, 5.74) is 0. The highest BCUT2D eigenvalue weighted by Gasteiger charge is 2.47. The lowest BCUT2D eigenvalue weighted by Crippen LogP contribution is -2.61. The van der Waals surface area contributed by atoms with Gasteiger partial charge in [0.1, 0.15) is 54.9 Å². The topological polar surface area (TPSA) is 214 Å². The molecular formula is C49H86O14. The van der Waals surface area contributed by atoms with E-state index in [4.69, 9.17) is 28.4 Å². The molecule has 2 heterocycles. The van der Waals surface area contributed by atoms with Gasteiger partial charge in [0.05, 0.1) is 26.4 Å². The maximum atomic E-state index is 12.9. The van der Waals surface area contributed by atoms with Crippen LogP contribution < -0.4 is 0 Å². The molecule has 2 aliphatic heterocycles. The SMILES string of the molecule is CC/C=C\C/C=C\C/C=C\CCCCCC(=O)OC(COCCCCCCCC/C=C\CCCCCCCC)COC1OC(COC2OC(CO)C(O)C(O)C2O)C(O)C(O)C1O. The first-order valence-corrected chi connectivity index (χ1v) is 24.2. The predicted octanol–water partition coefficient (Wildman–Crippen LogP) is 6.40. The van der Waals surface area contributed by atoms with Gasteiger partial charge in [-0.25, -0.2) is 0 Å². The lowest BCUT2D eigenvalue weighted by atomic mass is 9.98. The molecule has 2 fully saturated rings. The molecule has 2 saturated heterocycles. The van der Waals surface area contributed by atoms with E-state index in [0.29, 0.717) is 13.0 Å². The number of aliphatic hydroxyl groups excluding tert-OH is 7. The third kappa shape index (κ3) is 25.4. The third-order valence-electron chi connectivity index (χ3n) is 11.3. The van der Waals surface area contributed by atoms with Crippen LogP contribution >= 0.6 is 0 Å². The Morgan fingerprint density at radius 1 is 0.540 bits per heavy atom. The quantitative estimate of drug-likeness (QED) is 0.0204. The molecule has 11 unspecified atom stereocenters. The average Bonchev–Trinajstić information content (AvgIpc) is 3.28. The summed E-state index contributed by atoms with van der Waals surface area (Å²) in [6.07, 6.45) is 24.7. The zero-order valence-electron chi connectivity index (χ0n) is 38.5. The second-order valence-corrected chi connectivity index (χ2v) is 16.9. The van der Waals surface area contributed by atoms with E-state index in [2.05, 4.69) is 62.5 Å². The van der Waals surface area contributed by atoms with E-state index in [0.717, 1.165) is 64.2 Å². The Bertz CT molecular complexity index is 1230. The Morgan fingerprint density at radius 3 is 1.63 bits per heavy atom. The van der Waals surface area contributed by atoms with Crippen molar-refractivity contribution in [2.24, 2.45) is 0 Å². The molecule has 0 radical (unpaired) electrons. The van der Waals surface area contributed by atoms with Crippen molar-refractivity contribution in [2.75, 3.05) is 33.0 Å². The Balaban J connectivity index is 1.81. The van der Waals surface area contributed by atoms with Crippen LogP contribution in [0.3, 0.4) is 0 Å². The fourth-order valence-corrected chi connectivity index (χ4v) is 7.35. The third-order valence-corrected chi connectivity index (χ3v) is 11.3. The number of hydrogen-bond donors (Lipinski definition) is 7. The minimum absolute atomic E-state index is 0.0442. The van der Waals surface area contributed by atoms with Crippen LogP contribution in [-0.4, -0.2) is 142 Å². The molecule has 366 valence electrons. The highest BCUT2D eigenvalue weighted by molar-refractivity contribution is 5.69. The zero-order valence-corrected chi connectivity index (χ0v) is 38.5. The molecule has 2 aliphatic rings. The van der Waals surface area contributed by atoms with Gasteiger partial charge in [-0.2, -0.15) is 0 Å². The Kier molecular flexibility index (Phi) is 33.6. The van der Waals surface area contributed by atoms with Crippen LogP contribution in [0.25, 0.3) is 0 Å². The van der Waals surface area contributed by atoms with Gasteiger partial charge in [0, 0.05) is 13.0 Å². The van der Waals surface area contributed by atoms with Gasteiger partial charge in [-0.1, -0.05) is 127 Å². The first-order chi connectivity index (χ1) is 30.6. The average molecular weight is 899 g/mol. The minimum atomic E-state index is -1.71. The van der Waals surface area contributed by atoms with Crippen molar-refractivity contribution < 1.29 is 69.0 Å². The van der Waals surface area contributed by atoms with Crippen molar-refractivity contribution in [3.05, 3.63) is 48.6 Å². The normalized spacial score (nSPS) is 27.4. The van der Waals surface area contributed by atoms with Gasteiger partial charge in [-0.15, -0.1) is 0 Å². The second kappa shape index (κ2) is 37.1. The molecule has 14 nitrogen and oxygen atoms in total. The number of rotatable bonds is 37. The lowest BCUT2D eigenvalue weighted by Gasteiger charge is -2.42. The number of ether oxygens (including phenoxy) is 6. The summed E-state index contributed by atoms with van der Waals surface area (Å²) in [6.45, 7) is 3.50. The number of esters is 1. The molecule has 0 amide bonds. The molecule has 0 aliphatic carbocycles. The van der Waals surface area contributed by atoms with Crippen molar-refractivity contribution in [1.29, 1.82) is 0 Å². The van der Waals surface area contributed by atoms with Gasteiger partial charge < -0.3 is 64.2 Å². The van der Waals surface area contributed by atoms with Gasteiger partial charge in [-0.3, -0.25) is 4.79 Å². The van der Waals surface area contributed by atoms with Crippen LogP contribution in [0.5, 0.6) is 0 Å². The highest BCUT2D eigenvalue weighted by atomic mass is 16.7. The lowest BCUT2D eigenvalue weighted by molar-refractivity contribution is -0.332. The molecule has 2 rings (SSSR count). The minimum Gasteiger partial charge on any atom is -0.457 e. The fraction of sp³-hybridized carbons (Fsp3) is 0.816. The summed E-state index contributed by atoms with van der Waals surface area (Å²) in [5.74, 6) is -0.409. The monoisotopic (exact) mass is 899 g/mol. The number of hydrogen-bond acceptors (Lipinski definition) is 14. The van der Waals surface area contributed by atoms with Gasteiger partial charge in [0.15, 0.2) is 12.6 Å². The van der Waals surface area contributed by atoms with E-state index in [1.807, 2.05) is 0 Å². The molecule has 0 bridgehead atoms. The molecule has 0 aromatic rings. The predicted molar refractivity (Wildman–Crippen MR) is 243 cm³/mol. The van der Waals surface area contributed by atoms with Crippen molar-refractivity contribution in [3.63, 3.8) is 0 Å². The number of unbranched alkanes of at least 4 members (excludes halogenated alkanes) is 15. The van der Waals surface area contributed by atoms with Crippen LogP contribution in [0.15, 0.2) is 48.6 Å². The van der Waals surface area contributed by atoms with Gasteiger partial charge >= 0.3 is 5.97 Å². The molecule has 0 aromatic heterocycles. The first-order valence-electron chi connectivity index (χ1n) is 24.2. The number of carbonyl (C=O) groups is 1. The van der Waals surface area contributed by atoms with Crippen LogP contribution in [-0.2, 0) is 33.2 Å². The Labute approximate surface area is 378 Å². The molecule has 11 atom stereocenters. The molecule has 63 heavy (non-hydrogen) atoms. The van der Waals surface area contributed by atoms with E-state index in [1.165, 1.54) is 64.2 Å². The second-order valence-electron chi connectivity index (χ2n) is 16.9. The maximum Gasteiger partial charge on any atom is 0.306 e. The molecule has 14 heteroatoms. The Hall–Kier alpha value is -2.05. The number of allylic oxidation sites excluding steroid dienone is 8. The number of aliphatic hydroxyl groups is 7. The molecule has 0 saturated carbocycles. The van der Waals surface area contributed by atoms with Crippen molar-refractivity contribution in [2.45, 2.75) is 223 Å². The maximum absolute atomic E-state index is 12.9. The first kappa shape index (κ1) is 57.1. The highest BCUT2D eigenvalue weighted by Crippen LogP contribution is 2.26. The summed E-state index contributed by atoms with van der Waals surface area (Å²) in [6, 6.07) is 0.